The zero-order chi connectivity index (χ0) is 51.0. The van der Waals surface area contributed by atoms with E-state index in [0.717, 1.165) is 58.2 Å². The summed E-state index contributed by atoms with van der Waals surface area (Å²) >= 11 is 1.36. The number of nitrogens with zero attached hydrogens (tertiary/aromatic N) is 7. The number of methoxy groups -OCH3 is 1. The van der Waals surface area contributed by atoms with Gasteiger partial charge in [-0.1, -0.05) is 32.8 Å². The van der Waals surface area contributed by atoms with Gasteiger partial charge in [-0.25, -0.2) is 10.4 Å². The number of rotatable bonds is 10. The Morgan fingerprint density at radius 1 is 1.03 bits per heavy atom. The molecule has 4 aromatic rings. The molecule has 3 aromatic heterocycles. The number of benzene rings is 1. The van der Waals surface area contributed by atoms with Gasteiger partial charge >= 0.3 is 12.1 Å². The van der Waals surface area contributed by atoms with Crippen LogP contribution in [0.25, 0.3) is 33.4 Å². The number of likely N-dealkylation sites (tertiary alicyclic amines) is 2. The molecule has 0 radical (unpaired) electrons. The maximum atomic E-state index is 15.1. The van der Waals surface area contributed by atoms with Crippen molar-refractivity contribution < 1.29 is 41.8 Å². The van der Waals surface area contributed by atoms with Crippen LogP contribution >= 0.6 is 11.3 Å². The minimum absolute atomic E-state index is 0.0234. The van der Waals surface area contributed by atoms with Crippen LogP contribution in [0.4, 0.5) is 13.2 Å². The van der Waals surface area contributed by atoms with Gasteiger partial charge in [0.2, 0.25) is 11.8 Å². The predicted molar refractivity (Wildman–Crippen MR) is 269 cm³/mol. The highest BCUT2D eigenvalue weighted by Crippen LogP contribution is 2.46. The Balaban J connectivity index is 0.925. The van der Waals surface area contributed by atoms with Gasteiger partial charge in [-0.2, -0.15) is 13.2 Å². The molecular weight excluding hydrogens is 960 g/mol. The smallest absolute Gasteiger partial charge is 0.406 e. The van der Waals surface area contributed by atoms with E-state index < -0.39 is 48.3 Å². The number of hydrogen-bond donors (Lipinski definition) is 2. The molecule has 2 aliphatic carbocycles. The number of hydrazine groups is 1. The average molecular weight is 1030 g/mol. The predicted octanol–water partition coefficient (Wildman–Crippen LogP) is 7.07. The zero-order valence-electron chi connectivity index (χ0n) is 42.3. The van der Waals surface area contributed by atoms with E-state index in [0.29, 0.717) is 88.2 Å². The molecule has 15 nitrogen and oxygen atoms in total. The van der Waals surface area contributed by atoms with E-state index in [4.69, 9.17) is 14.5 Å². The average Bonchev–Trinajstić information content (AvgIpc) is 4.04. The van der Waals surface area contributed by atoms with E-state index in [-0.39, 0.29) is 54.5 Å². The standard InChI is InChI=1S/C54H68F3N9O6S/c1-32(71-4)45-36(11-7-19-58-45)47-38-25-52(2,3)31-72-51(70)39-12-8-20-66(61-39)49(68)40(24-44-59-41(27-73-44)34-13-16-42(37(38)23-34)65(47)30-54(55,56)57)60-48(67)46(33-9-5-6-10-33)62-21-17-53(28-62)18-22-63(29-53)50(69)43-26-64(43)35-14-15-35/h7,11,13,16,19,23,27,32-33,35,39-40,43,46,61H,5-6,8-10,12,14-15,17-18,20-22,24-26,28-31H2,1-4H3,(H,60,67)/t32-,39-,40-,43+,46-,53-,64?/m0/s1. The fourth-order valence-corrected chi connectivity index (χ4v) is 13.7. The van der Waals surface area contributed by atoms with Crippen molar-refractivity contribution in [2.24, 2.45) is 16.7 Å². The third kappa shape index (κ3) is 10.3. The van der Waals surface area contributed by atoms with Crippen LogP contribution in [0.5, 0.6) is 0 Å². The lowest BCUT2D eigenvalue weighted by molar-refractivity contribution is -0.155. The molecule has 19 heteroatoms. The number of halogens is 3. The summed E-state index contributed by atoms with van der Waals surface area (Å²) in [6.45, 7) is 8.43. The number of alkyl halides is 3. The van der Waals surface area contributed by atoms with Gasteiger partial charge in [-0.15, -0.1) is 11.3 Å². The lowest BCUT2D eigenvalue weighted by Crippen LogP contribution is -2.62. The van der Waals surface area contributed by atoms with Crippen molar-refractivity contribution in [1.29, 1.82) is 0 Å². The van der Waals surface area contributed by atoms with Crippen molar-refractivity contribution in [2.45, 2.75) is 147 Å². The summed E-state index contributed by atoms with van der Waals surface area (Å²) in [5, 5.41) is 7.79. The SMILES string of the molecule is CO[C@@H](C)c1ncccc1-c1c2c3cc(ccc3n1CC(F)(F)F)-c1csc(n1)C[C@H](NC(=O)[C@H](C1CCCC1)N1CC[C@]3(CCN(C(=O)[C@H]4CN4C4CC4)C3)C1)C(=O)N1CCC[C@H](N1)C(=O)OCC(C)(C)C2. The normalized spacial score (nSPS) is 27.9. The van der Waals surface area contributed by atoms with Crippen LogP contribution in [0.2, 0.25) is 0 Å². The molecule has 5 aliphatic heterocycles. The van der Waals surface area contributed by atoms with Gasteiger partial charge in [0.05, 0.1) is 40.8 Å². The minimum atomic E-state index is -4.57. The highest BCUT2D eigenvalue weighted by atomic mass is 32.1. The number of aromatic nitrogens is 3. The Morgan fingerprint density at radius 2 is 1.82 bits per heavy atom. The van der Waals surface area contributed by atoms with E-state index in [1.165, 1.54) is 40.9 Å². The molecular formula is C54H68F3N9O6S. The molecule has 8 heterocycles. The molecule has 73 heavy (non-hydrogen) atoms. The van der Waals surface area contributed by atoms with Crippen LogP contribution in [0.3, 0.4) is 0 Å². The number of amides is 3. The number of carbonyl (C=O) groups is 4. The lowest BCUT2D eigenvalue weighted by Gasteiger charge is -2.37. The second kappa shape index (κ2) is 19.6. The Morgan fingerprint density at radius 3 is 2.59 bits per heavy atom. The topological polar surface area (TPSA) is 154 Å². The summed E-state index contributed by atoms with van der Waals surface area (Å²) in [5.41, 5.74) is 5.96. The third-order valence-electron chi connectivity index (χ3n) is 16.9. The fourth-order valence-electron chi connectivity index (χ4n) is 12.8. The number of ether oxygens (including phenoxy) is 2. The quantitative estimate of drug-likeness (QED) is 0.124. The maximum Gasteiger partial charge on any atom is 0.406 e. The van der Waals surface area contributed by atoms with Gasteiger partial charge in [0, 0.05) is 96.7 Å². The molecule has 11 rings (SSSR count). The summed E-state index contributed by atoms with van der Waals surface area (Å²) in [5.74, 6) is -0.755. The van der Waals surface area contributed by atoms with Crippen LogP contribution in [0, 0.1) is 16.7 Å². The number of nitrogens with one attached hydrogen (secondary N) is 2. The highest BCUT2D eigenvalue weighted by molar-refractivity contribution is 7.10. The highest BCUT2D eigenvalue weighted by Gasteiger charge is 2.54. The molecule has 7 aliphatic rings. The monoisotopic (exact) mass is 1030 g/mol. The Kier molecular flexibility index (Phi) is 13.5. The van der Waals surface area contributed by atoms with Crippen molar-refractivity contribution in [3.63, 3.8) is 0 Å². The summed E-state index contributed by atoms with van der Waals surface area (Å²) < 4.78 is 57.3. The van der Waals surface area contributed by atoms with Gasteiger partial charge in [0.25, 0.3) is 5.91 Å². The third-order valence-corrected chi connectivity index (χ3v) is 17.7. The Hall–Kier alpha value is -4.95. The van der Waals surface area contributed by atoms with E-state index in [1.54, 1.807) is 30.5 Å². The largest absolute Gasteiger partial charge is 0.464 e. The lowest BCUT2D eigenvalue weighted by atomic mass is 9.84. The number of hydrogen-bond acceptors (Lipinski definition) is 12. The first-order valence-corrected chi connectivity index (χ1v) is 27.3. The second-order valence-electron chi connectivity index (χ2n) is 22.9. The molecule has 2 N–H and O–H groups in total. The van der Waals surface area contributed by atoms with E-state index in [9.17, 15) is 27.6 Å². The molecule has 1 aromatic carbocycles. The molecule has 1 unspecified atom stereocenters. The minimum Gasteiger partial charge on any atom is -0.464 e. The number of pyridine rings is 1. The van der Waals surface area contributed by atoms with Crippen molar-refractivity contribution in [1.82, 2.24) is 45.0 Å². The molecule has 6 fully saturated rings. The maximum absolute atomic E-state index is 15.1. The summed E-state index contributed by atoms with van der Waals surface area (Å²) in [4.78, 5) is 74.0. The van der Waals surface area contributed by atoms with Crippen LogP contribution in [-0.2, 0) is 48.0 Å². The molecule has 4 saturated heterocycles. The summed E-state index contributed by atoms with van der Waals surface area (Å²) in [6.07, 6.45) is 5.82. The number of cyclic esters (lactones) is 1. The van der Waals surface area contributed by atoms with E-state index >= 15 is 4.79 Å². The van der Waals surface area contributed by atoms with Gasteiger partial charge in [-0.3, -0.25) is 39.0 Å². The van der Waals surface area contributed by atoms with Crippen molar-refractivity contribution in [3.8, 4) is 22.5 Å². The van der Waals surface area contributed by atoms with Gasteiger partial charge in [-0.05, 0) is 107 Å². The molecule has 2 saturated carbocycles. The molecule has 6 bridgehead atoms. The first-order valence-electron chi connectivity index (χ1n) is 26.4. The zero-order valence-corrected chi connectivity index (χ0v) is 43.2. The second-order valence-corrected chi connectivity index (χ2v) is 23.8. The Bertz CT molecular complexity index is 2770. The van der Waals surface area contributed by atoms with Gasteiger partial charge in [0.1, 0.15) is 24.7 Å². The van der Waals surface area contributed by atoms with Crippen LogP contribution < -0.4 is 10.7 Å². The first kappa shape index (κ1) is 50.2. The fraction of sp³-hybridized carbons (Fsp3) is 0.630. The van der Waals surface area contributed by atoms with Gasteiger partial charge in [0.15, 0.2) is 0 Å². The number of carbonyl (C=O) groups excluding carboxylic acids is 4. The first-order chi connectivity index (χ1) is 35.0. The number of thiazole rings is 1. The van der Waals surface area contributed by atoms with Crippen molar-refractivity contribution in [2.75, 3.05) is 53.0 Å². The molecule has 1 spiro atoms. The van der Waals surface area contributed by atoms with Crippen LogP contribution in [-0.4, -0.2) is 147 Å². The summed E-state index contributed by atoms with van der Waals surface area (Å²) in [6, 6.07) is 7.12. The Labute approximate surface area is 428 Å². The number of esters is 1. The molecule has 392 valence electrons. The molecule has 7 atom stereocenters. The van der Waals surface area contributed by atoms with Crippen LogP contribution in [0.1, 0.15) is 107 Å². The van der Waals surface area contributed by atoms with Crippen LogP contribution in [0.15, 0.2) is 41.9 Å². The summed E-state index contributed by atoms with van der Waals surface area (Å²) in [7, 11) is 1.54. The van der Waals surface area contributed by atoms with Gasteiger partial charge < -0.3 is 24.3 Å². The van der Waals surface area contributed by atoms with E-state index in [2.05, 4.69) is 30.4 Å². The van der Waals surface area contributed by atoms with E-state index in [1.807, 2.05) is 32.2 Å². The number of fused-ring (bicyclic) bond motifs is 6. The van der Waals surface area contributed by atoms with Crippen molar-refractivity contribution in [3.05, 3.63) is 58.2 Å². The van der Waals surface area contributed by atoms with Crippen molar-refractivity contribution >= 4 is 45.9 Å². The molecule has 3 amide bonds.